The van der Waals surface area contributed by atoms with Gasteiger partial charge in [0.25, 0.3) is 5.91 Å². The molecule has 2 aromatic carbocycles. The normalized spacial score (nSPS) is 10.6. The molecule has 0 spiro atoms. The molecular formula is C24H24FN3O6. The average Bonchev–Trinajstić information content (AvgIpc) is 3.14. The SMILES string of the molecule is Cc1noc(C)c1COc1cccc(C(=O)OCC(=O)N(CCC(N)=O)c2ccc(F)cc2)c1. The number of amides is 2. The van der Waals surface area contributed by atoms with Crippen molar-refractivity contribution in [2.75, 3.05) is 18.1 Å². The first-order valence-corrected chi connectivity index (χ1v) is 10.4. The number of nitrogens with zero attached hydrogens (tertiary/aromatic N) is 2. The van der Waals surface area contributed by atoms with Gasteiger partial charge in [0.1, 0.15) is 23.9 Å². The first kappa shape index (κ1) is 24.4. The van der Waals surface area contributed by atoms with Crippen molar-refractivity contribution in [1.82, 2.24) is 5.16 Å². The van der Waals surface area contributed by atoms with Crippen molar-refractivity contribution < 1.29 is 32.8 Å². The number of hydrogen-bond acceptors (Lipinski definition) is 7. The zero-order valence-corrected chi connectivity index (χ0v) is 18.7. The van der Waals surface area contributed by atoms with Crippen LogP contribution in [0.15, 0.2) is 53.1 Å². The summed E-state index contributed by atoms with van der Waals surface area (Å²) in [5, 5.41) is 3.87. The van der Waals surface area contributed by atoms with Gasteiger partial charge in [0.2, 0.25) is 5.91 Å². The van der Waals surface area contributed by atoms with Crippen LogP contribution in [-0.2, 0) is 20.9 Å². The van der Waals surface area contributed by atoms with Gasteiger partial charge in [-0.25, -0.2) is 9.18 Å². The maximum absolute atomic E-state index is 13.2. The van der Waals surface area contributed by atoms with Crippen LogP contribution in [-0.4, -0.2) is 36.1 Å². The molecule has 0 radical (unpaired) electrons. The number of primary amides is 1. The van der Waals surface area contributed by atoms with E-state index in [0.717, 1.165) is 5.56 Å². The Labute approximate surface area is 195 Å². The monoisotopic (exact) mass is 469 g/mol. The molecule has 0 aliphatic heterocycles. The van der Waals surface area contributed by atoms with E-state index in [1.807, 2.05) is 0 Å². The lowest BCUT2D eigenvalue weighted by Crippen LogP contribution is -2.37. The van der Waals surface area contributed by atoms with Gasteiger partial charge >= 0.3 is 5.97 Å². The summed E-state index contributed by atoms with van der Waals surface area (Å²) >= 11 is 0. The Bertz CT molecular complexity index is 1160. The minimum Gasteiger partial charge on any atom is -0.489 e. The van der Waals surface area contributed by atoms with Crippen molar-refractivity contribution in [3.63, 3.8) is 0 Å². The van der Waals surface area contributed by atoms with Gasteiger partial charge in [-0.15, -0.1) is 0 Å². The molecule has 0 bridgehead atoms. The van der Waals surface area contributed by atoms with Crippen LogP contribution in [0.1, 0.15) is 33.8 Å². The van der Waals surface area contributed by atoms with Crippen LogP contribution in [0.25, 0.3) is 0 Å². The smallest absolute Gasteiger partial charge is 0.338 e. The van der Waals surface area contributed by atoms with E-state index in [9.17, 15) is 18.8 Å². The highest BCUT2D eigenvalue weighted by atomic mass is 19.1. The summed E-state index contributed by atoms with van der Waals surface area (Å²) in [7, 11) is 0. The predicted molar refractivity (Wildman–Crippen MR) is 120 cm³/mol. The standard InChI is InChI=1S/C24H24FN3O6/c1-15-21(16(2)34-27-15)13-32-20-5-3-4-17(12-20)24(31)33-14-23(30)28(11-10-22(26)29)19-8-6-18(25)7-9-19/h3-9,12H,10-11,13-14H2,1-2H3,(H2,26,29). The number of nitrogens with two attached hydrogens (primary N) is 1. The Balaban J connectivity index is 1.62. The molecule has 0 aliphatic carbocycles. The first-order valence-electron chi connectivity index (χ1n) is 10.4. The molecule has 2 amide bonds. The third-order valence-corrected chi connectivity index (χ3v) is 4.98. The Kier molecular flexibility index (Phi) is 7.96. The Morgan fingerprint density at radius 2 is 1.85 bits per heavy atom. The largest absolute Gasteiger partial charge is 0.489 e. The van der Waals surface area contributed by atoms with Crippen molar-refractivity contribution in [2.24, 2.45) is 5.73 Å². The Morgan fingerprint density at radius 3 is 2.50 bits per heavy atom. The van der Waals surface area contributed by atoms with Gasteiger partial charge in [0.05, 0.1) is 16.8 Å². The average molecular weight is 469 g/mol. The van der Waals surface area contributed by atoms with Crippen molar-refractivity contribution in [2.45, 2.75) is 26.9 Å². The quantitative estimate of drug-likeness (QED) is 0.452. The van der Waals surface area contributed by atoms with Crippen LogP contribution >= 0.6 is 0 Å². The van der Waals surface area contributed by atoms with E-state index in [1.54, 1.807) is 26.0 Å². The van der Waals surface area contributed by atoms with Gasteiger partial charge < -0.3 is 24.6 Å². The number of hydrogen-bond donors (Lipinski definition) is 1. The van der Waals surface area contributed by atoms with E-state index in [2.05, 4.69) is 5.16 Å². The van der Waals surface area contributed by atoms with Gasteiger partial charge in [-0.2, -0.15) is 0 Å². The Morgan fingerprint density at radius 1 is 1.12 bits per heavy atom. The molecule has 1 aromatic heterocycles. The number of aryl methyl sites for hydroxylation is 2. The molecule has 2 N–H and O–H groups in total. The third kappa shape index (κ3) is 6.41. The second-order valence-electron chi connectivity index (χ2n) is 7.43. The highest BCUT2D eigenvalue weighted by Gasteiger charge is 2.19. The van der Waals surface area contributed by atoms with Gasteiger partial charge in [0, 0.05) is 18.7 Å². The van der Waals surface area contributed by atoms with Crippen molar-refractivity contribution in [3.8, 4) is 5.75 Å². The number of halogens is 1. The lowest BCUT2D eigenvalue weighted by molar-refractivity contribution is -0.121. The fourth-order valence-electron chi connectivity index (χ4n) is 3.11. The summed E-state index contributed by atoms with van der Waals surface area (Å²) in [6.45, 7) is 3.17. The molecule has 10 heteroatoms. The number of rotatable bonds is 10. The predicted octanol–water partition coefficient (Wildman–Crippen LogP) is 3.07. The molecule has 9 nitrogen and oxygen atoms in total. The highest BCUT2D eigenvalue weighted by molar-refractivity contribution is 5.97. The molecule has 3 aromatic rings. The van der Waals surface area contributed by atoms with E-state index < -0.39 is 30.2 Å². The van der Waals surface area contributed by atoms with Crippen molar-refractivity contribution >= 4 is 23.5 Å². The maximum Gasteiger partial charge on any atom is 0.338 e. The van der Waals surface area contributed by atoms with Gasteiger partial charge in [-0.3, -0.25) is 9.59 Å². The summed E-state index contributed by atoms with van der Waals surface area (Å²) in [6, 6.07) is 11.5. The first-order chi connectivity index (χ1) is 16.2. The van der Waals surface area contributed by atoms with Crippen LogP contribution in [0.3, 0.4) is 0 Å². The zero-order chi connectivity index (χ0) is 24.7. The lowest BCUT2D eigenvalue weighted by atomic mass is 10.2. The van der Waals surface area contributed by atoms with E-state index >= 15 is 0 Å². The Hall–Kier alpha value is -4.21. The van der Waals surface area contributed by atoms with Crippen LogP contribution in [0.2, 0.25) is 0 Å². The van der Waals surface area contributed by atoms with E-state index in [1.165, 1.54) is 41.3 Å². The second kappa shape index (κ2) is 11.1. The molecule has 0 saturated heterocycles. The van der Waals surface area contributed by atoms with Gasteiger partial charge in [-0.05, 0) is 56.3 Å². The van der Waals surface area contributed by atoms with Crippen LogP contribution < -0.4 is 15.4 Å². The molecule has 178 valence electrons. The topological polar surface area (TPSA) is 125 Å². The minimum atomic E-state index is -0.731. The zero-order valence-electron chi connectivity index (χ0n) is 18.7. The number of esters is 1. The van der Waals surface area contributed by atoms with E-state index in [-0.39, 0.29) is 25.1 Å². The van der Waals surface area contributed by atoms with E-state index in [0.29, 0.717) is 22.9 Å². The summed E-state index contributed by atoms with van der Waals surface area (Å²) in [5.74, 6) is -1.33. The molecule has 0 atom stereocenters. The molecule has 1 heterocycles. The fourth-order valence-corrected chi connectivity index (χ4v) is 3.11. The minimum absolute atomic E-state index is 0.0393. The fraction of sp³-hybridized carbons (Fsp3) is 0.250. The van der Waals surface area contributed by atoms with E-state index in [4.69, 9.17) is 19.7 Å². The molecule has 34 heavy (non-hydrogen) atoms. The second-order valence-corrected chi connectivity index (χ2v) is 7.43. The molecule has 0 unspecified atom stereocenters. The van der Waals surface area contributed by atoms with Gasteiger partial charge in [0.15, 0.2) is 6.61 Å². The van der Waals surface area contributed by atoms with Crippen LogP contribution in [0.4, 0.5) is 10.1 Å². The van der Waals surface area contributed by atoms with Crippen molar-refractivity contribution in [3.05, 3.63) is 76.9 Å². The summed E-state index contributed by atoms with van der Waals surface area (Å²) < 4.78 is 29.2. The number of carbonyl (C=O) groups is 3. The summed E-state index contributed by atoms with van der Waals surface area (Å²) in [5.41, 5.74) is 7.25. The third-order valence-electron chi connectivity index (χ3n) is 4.98. The number of benzene rings is 2. The molecule has 0 aliphatic rings. The van der Waals surface area contributed by atoms with Crippen LogP contribution in [0, 0.1) is 19.7 Å². The maximum atomic E-state index is 13.2. The number of carbonyl (C=O) groups excluding carboxylic acids is 3. The molecular weight excluding hydrogens is 445 g/mol. The summed E-state index contributed by atoms with van der Waals surface area (Å²) in [4.78, 5) is 37.6. The number of ether oxygens (including phenoxy) is 2. The lowest BCUT2D eigenvalue weighted by Gasteiger charge is -2.22. The summed E-state index contributed by atoms with van der Waals surface area (Å²) in [6.07, 6.45) is -0.110. The number of aromatic nitrogens is 1. The van der Waals surface area contributed by atoms with Crippen molar-refractivity contribution in [1.29, 1.82) is 0 Å². The van der Waals surface area contributed by atoms with Crippen LogP contribution in [0.5, 0.6) is 5.75 Å². The molecule has 0 saturated carbocycles. The highest BCUT2D eigenvalue weighted by Crippen LogP contribution is 2.20. The van der Waals surface area contributed by atoms with Gasteiger partial charge in [-0.1, -0.05) is 11.2 Å². The number of anilines is 1. The molecule has 0 fully saturated rings. The molecule has 3 rings (SSSR count).